The van der Waals surface area contributed by atoms with E-state index in [1.807, 2.05) is 19.9 Å². The van der Waals surface area contributed by atoms with Crippen molar-refractivity contribution in [2.75, 3.05) is 19.6 Å². The quantitative estimate of drug-likeness (QED) is 0.679. The first-order valence-corrected chi connectivity index (χ1v) is 9.67. The molecule has 1 aliphatic rings. The summed E-state index contributed by atoms with van der Waals surface area (Å²) in [4.78, 5) is 13.0. The Balaban J connectivity index is 0.00000261. The molecule has 0 aromatic heterocycles. The number of likely N-dealkylation sites (tertiary alicyclic amines) is 1. The zero-order chi connectivity index (χ0) is 18.6. The third-order valence-corrected chi connectivity index (χ3v) is 5.69. The third kappa shape index (κ3) is 5.97. The third-order valence-electron chi connectivity index (χ3n) is 5.69. The molecule has 0 unspecified atom stereocenters. The summed E-state index contributed by atoms with van der Waals surface area (Å²) in [6.07, 6.45) is 4.15. The van der Waals surface area contributed by atoms with Crippen molar-refractivity contribution in [3.63, 3.8) is 0 Å². The van der Waals surface area contributed by atoms with E-state index in [0.29, 0.717) is 18.7 Å². The van der Waals surface area contributed by atoms with Crippen molar-refractivity contribution in [1.82, 2.24) is 0 Å². The van der Waals surface area contributed by atoms with Gasteiger partial charge < -0.3 is 9.59 Å². The molecule has 2 aromatic carbocycles. The minimum atomic E-state index is 0. The Morgan fingerprint density at radius 1 is 1.00 bits per heavy atom. The molecule has 1 fully saturated rings. The molecule has 1 N–H and O–H groups in total. The second kappa shape index (κ2) is 9.95. The van der Waals surface area contributed by atoms with Crippen molar-refractivity contribution in [3.05, 3.63) is 64.7 Å². The number of Topliss-reactive ketones (excluding diaryl/α,β-unsaturated/α-hetero) is 1. The molecular formula is C23H30NO2Y+. The number of ketones is 1. The van der Waals surface area contributed by atoms with E-state index in [1.165, 1.54) is 24.8 Å². The number of piperidine rings is 1. The van der Waals surface area contributed by atoms with Gasteiger partial charge in [-0.3, -0.25) is 4.79 Å². The van der Waals surface area contributed by atoms with Gasteiger partial charge in [0.15, 0.2) is 5.78 Å². The number of carbonyl (C=O) groups excluding carboxylic acids is 1. The van der Waals surface area contributed by atoms with Crippen LogP contribution < -0.4 is 0 Å². The van der Waals surface area contributed by atoms with Crippen molar-refractivity contribution < 1.29 is 47.1 Å². The van der Waals surface area contributed by atoms with Crippen LogP contribution in [0.1, 0.15) is 41.5 Å². The van der Waals surface area contributed by atoms with Crippen molar-refractivity contribution in [1.29, 1.82) is 0 Å². The van der Waals surface area contributed by atoms with Crippen molar-refractivity contribution >= 4 is 5.78 Å². The van der Waals surface area contributed by atoms with E-state index >= 15 is 0 Å². The number of carbonyl (C=O) groups is 1. The average molecular weight is 441 g/mol. The standard InChI is InChI=1S/C23H29NO2.Y/c1-18-13-21(25)14-19(2)23(18)15-22(26)17-24(11-7-4-8-12-24)16-20-9-5-3-6-10-20;/h3,5-6,9-10,13-14H,4,7-8,11-12,15-17H2,1-2H3;/p+1. The number of aromatic hydroxyl groups is 1. The zero-order valence-corrected chi connectivity index (χ0v) is 19.4. The van der Waals surface area contributed by atoms with Gasteiger partial charge in [-0.25, -0.2) is 0 Å². The van der Waals surface area contributed by atoms with Gasteiger partial charge in [0.25, 0.3) is 0 Å². The molecule has 4 heteroatoms. The maximum Gasteiger partial charge on any atom is 0.191 e. The molecule has 1 saturated heterocycles. The van der Waals surface area contributed by atoms with Crippen molar-refractivity contribution in [3.8, 4) is 5.75 Å². The van der Waals surface area contributed by atoms with Gasteiger partial charge in [-0.1, -0.05) is 30.3 Å². The predicted molar refractivity (Wildman–Crippen MR) is 105 cm³/mol. The van der Waals surface area contributed by atoms with E-state index in [9.17, 15) is 9.90 Å². The number of nitrogens with zero attached hydrogens (tertiary/aromatic N) is 1. The van der Waals surface area contributed by atoms with E-state index in [4.69, 9.17) is 0 Å². The van der Waals surface area contributed by atoms with E-state index in [2.05, 4.69) is 24.3 Å². The Bertz CT molecular complexity index is 744. The molecule has 0 bridgehead atoms. The van der Waals surface area contributed by atoms with Gasteiger partial charge >= 0.3 is 0 Å². The second-order valence-electron chi connectivity index (χ2n) is 7.92. The van der Waals surface area contributed by atoms with Gasteiger partial charge in [0.05, 0.1) is 13.1 Å². The molecule has 1 heterocycles. The molecule has 1 aliphatic heterocycles. The monoisotopic (exact) mass is 441 g/mol. The molecule has 0 atom stereocenters. The molecule has 0 saturated carbocycles. The molecule has 141 valence electrons. The summed E-state index contributed by atoms with van der Waals surface area (Å²) in [6.45, 7) is 7.69. The summed E-state index contributed by atoms with van der Waals surface area (Å²) >= 11 is 0. The molecule has 3 nitrogen and oxygen atoms in total. The summed E-state index contributed by atoms with van der Waals surface area (Å²) in [6, 6.07) is 14.1. The van der Waals surface area contributed by atoms with E-state index in [0.717, 1.165) is 40.8 Å². The molecule has 0 amide bonds. The first kappa shape index (κ1) is 22.3. The number of aryl methyl sites for hydroxylation is 2. The van der Waals surface area contributed by atoms with E-state index in [1.54, 1.807) is 12.1 Å². The van der Waals surface area contributed by atoms with Crippen LogP contribution in [-0.4, -0.2) is 35.0 Å². The fourth-order valence-electron chi connectivity index (χ4n) is 4.40. The molecule has 3 rings (SSSR count). The fourth-order valence-corrected chi connectivity index (χ4v) is 4.40. The summed E-state index contributed by atoms with van der Waals surface area (Å²) in [5.74, 6) is 0.583. The molecule has 0 aliphatic carbocycles. The minimum absolute atomic E-state index is 0. The number of phenols is 1. The summed E-state index contributed by atoms with van der Waals surface area (Å²) in [5.41, 5.74) is 4.40. The molecule has 2 aromatic rings. The fraction of sp³-hybridized carbons (Fsp3) is 0.435. The normalized spacial score (nSPS) is 15.8. The van der Waals surface area contributed by atoms with Crippen LogP contribution in [0.4, 0.5) is 0 Å². The van der Waals surface area contributed by atoms with Crippen molar-refractivity contribution in [2.24, 2.45) is 0 Å². The first-order valence-electron chi connectivity index (χ1n) is 9.67. The van der Waals surface area contributed by atoms with Crippen LogP contribution in [0, 0.1) is 13.8 Å². The number of hydrogen-bond donors (Lipinski definition) is 1. The van der Waals surface area contributed by atoms with Crippen LogP contribution in [0.25, 0.3) is 0 Å². The van der Waals surface area contributed by atoms with Gasteiger partial charge in [-0.15, -0.1) is 0 Å². The maximum atomic E-state index is 13.0. The molecule has 0 spiro atoms. The topological polar surface area (TPSA) is 37.3 Å². The van der Waals surface area contributed by atoms with Crippen LogP contribution >= 0.6 is 0 Å². The van der Waals surface area contributed by atoms with Crippen molar-refractivity contribution in [2.45, 2.75) is 46.1 Å². The number of benzene rings is 2. The summed E-state index contributed by atoms with van der Waals surface area (Å²) in [5, 5.41) is 9.73. The van der Waals surface area contributed by atoms with E-state index in [-0.39, 0.29) is 38.5 Å². The number of rotatable bonds is 6. The SMILES string of the molecule is Cc1cc(O)cc(C)c1CC(=O)C[N+]1(Cc2ccccc2)CCCCC1.[Y]. The van der Waals surface area contributed by atoms with Gasteiger partial charge in [-0.2, -0.15) is 0 Å². The Morgan fingerprint density at radius 2 is 1.59 bits per heavy atom. The Labute approximate surface area is 188 Å². The Morgan fingerprint density at radius 3 is 2.19 bits per heavy atom. The largest absolute Gasteiger partial charge is 0.508 e. The molecule has 1 radical (unpaired) electrons. The number of hydrogen-bond acceptors (Lipinski definition) is 2. The summed E-state index contributed by atoms with van der Waals surface area (Å²) in [7, 11) is 0. The molecular weight excluding hydrogens is 411 g/mol. The van der Waals surface area contributed by atoms with Crippen LogP contribution in [0.2, 0.25) is 0 Å². The second-order valence-corrected chi connectivity index (χ2v) is 7.92. The summed E-state index contributed by atoms with van der Waals surface area (Å²) < 4.78 is 0.888. The Hall–Kier alpha value is -1.03. The van der Waals surface area contributed by atoms with Gasteiger partial charge in [-0.05, 0) is 61.9 Å². The predicted octanol–water partition coefficient (Wildman–Crippen LogP) is 4.32. The van der Waals surface area contributed by atoms with Crippen LogP contribution in [-0.2, 0) is 50.5 Å². The number of phenolic OH excluding ortho intramolecular Hbond substituents is 1. The van der Waals surface area contributed by atoms with Gasteiger partial charge in [0.1, 0.15) is 18.8 Å². The van der Waals surface area contributed by atoms with Gasteiger partial charge in [0.2, 0.25) is 0 Å². The average Bonchev–Trinajstić information content (AvgIpc) is 2.59. The minimum Gasteiger partial charge on any atom is -0.508 e. The molecule has 27 heavy (non-hydrogen) atoms. The van der Waals surface area contributed by atoms with Crippen LogP contribution in [0.3, 0.4) is 0 Å². The van der Waals surface area contributed by atoms with Crippen LogP contribution in [0.15, 0.2) is 42.5 Å². The smallest absolute Gasteiger partial charge is 0.191 e. The van der Waals surface area contributed by atoms with Gasteiger partial charge in [0, 0.05) is 44.7 Å². The first-order chi connectivity index (χ1) is 12.5. The Kier molecular flexibility index (Phi) is 8.21. The maximum absolute atomic E-state index is 13.0. The van der Waals surface area contributed by atoms with Crippen LogP contribution in [0.5, 0.6) is 5.75 Å². The number of quaternary nitrogens is 1. The van der Waals surface area contributed by atoms with E-state index < -0.39 is 0 Å². The zero-order valence-electron chi connectivity index (χ0n) is 16.6.